The van der Waals surface area contributed by atoms with E-state index in [9.17, 15) is 23.2 Å². The number of nitriles is 1. The number of ether oxygens (including phenoxy) is 1. The number of amides is 1. The summed E-state index contributed by atoms with van der Waals surface area (Å²) in [6, 6.07) is 6.86. The first-order chi connectivity index (χ1) is 15.7. The van der Waals surface area contributed by atoms with E-state index in [4.69, 9.17) is 10.5 Å². The lowest BCUT2D eigenvalue weighted by atomic mass is 9.80. The number of likely N-dealkylation sites (tertiary alicyclic amines) is 1. The Labute approximate surface area is 189 Å². The number of aromatic nitrogens is 2. The standard InChI is InChI=1S/C22H25F3N6O2/c1-33-17-10-30(11-17)16-6-7-19(13(8-16)9-26)31-12-18(20(27)32)21(29-31)28-15-4-2-14(3-5-15)22(23,24)25/h2-5,12-13,16-17,19H,6-8,10-11H2,1H3,(H2,27,32)(H,28,29). The third-order valence-corrected chi connectivity index (χ3v) is 6.49. The molecule has 1 saturated heterocycles. The molecule has 1 aromatic heterocycles. The zero-order valence-corrected chi connectivity index (χ0v) is 18.0. The van der Waals surface area contributed by atoms with Crippen molar-refractivity contribution in [1.29, 1.82) is 5.26 Å². The van der Waals surface area contributed by atoms with Crippen molar-refractivity contribution in [2.24, 2.45) is 11.7 Å². The molecule has 1 aliphatic heterocycles. The lowest BCUT2D eigenvalue weighted by Gasteiger charge is -2.46. The van der Waals surface area contributed by atoms with E-state index in [1.165, 1.54) is 18.3 Å². The molecule has 3 unspecified atom stereocenters. The maximum Gasteiger partial charge on any atom is 0.416 e. The summed E-state index contributed by atoms with van der Waals surface area (Å²) in [7, 11) is 1.70. The normalized spacial score (nSPS) is 24.2. The van der Waals surface area contributed by atoms with Crippen molar-refractivity contribution in [1.82, 2.24) is 14.7 Å². The predicted octanol–water partition coefficient (Wildman–Crippen LogP) is 3.31. The van der Waals surface area contributed by atoms with E-state index in [1.807, 2.05) is 0 Å². The van der Waals surface area contributed by atoms with Crippen LogP contribution in [0.1, 0.15) is 41.2 Å². The highest BCUT2D eigenvalue weighted by Crippen LogP contribution is 2.38. The summed E-state index contributed by atoms with van der Waals surface area (Å²) >= 11 is 0. The molecule has 4 rings (SSSR count). The third-order valence-electron chi connectivity index (χ3n) is 6.49. The Morgan fingerprint density at radius 1 is 1.27 bits per heavy atom. The molecule has 2 aliphatic rings. The van der Waals surface area contributed by atoms with Gasteiger partial charge in [-0.2, -0.15) is 23.5 Å². The lowest BCUT2D eigenvalue weighted by molar-refractivity contribution is -0.137. The predicted molar refractivity (Wildman–Crippen MR) is 114 cm³/mol. The van der Waals surface area contributed by atoms with Crippen molar-refractivity contribution < 1.29 is 22.7 Å². The zero-order valence-electron chi connectivity index (χ0n) is 18.0. The highest BCUT2D eigenvalue weighted by atomic mass is 19.4. The zero-order chi connectivity index (χ0) is 23.8. The molecule has 3 atom stereocenters. The lowest BCUT2D eigenvalue weighted by Crippen LogP contribution is -2.57. The Balaban J connectivity index is 1.50. The molecule has 176 valence electrons. The van der Waals surface area contributed by atoms with Gasteiger partial charge in [0.2, 0.25) is 0 Å². The van der Waals surface area contributed by atoms with Crippen molar-refractivity contribution in [3.8, 4) is 6.07 Å². The quantitative estimate of drug-likeness (QED) is 0.682. The van der Waals surface area contributed by atoms with Gasteiger partial charge in [0.1, 0.15) is 5.56 Å². The Kier molecular flexibility index (Phi) is 6.32. The van der Waals surface area contributed by atoms with Gasteiger partial charge in [-0.1, -0.05) is 0 Å². The number of carbonyl (C=O) groups is 1. The van der Waals surface area contributed by atoms with Crippen LogP contribution in [0.25, 0.3) is 0 Å². The van der Waals surface area contributed by atoms with Crippen LogP contribution in [0.5, 0.6) is 0 Å². The van der Waals surface area contributed by atoms with Gasteiger partial charge in [-0.3, -0.25) is 14.4 Å². The fourth-order valence-corrected chi connectivity index (χ4v) is 4.55. The van der Waals surface area contributed by atoms with E-state index in [1.54, 1.807) is 11.8 Å². The Morgan fingerprint density at radius 2 is 1.97 bits per heavy atom. The number of nitrogens with zero attached hydrogens (tertiary/aromatic N) is 4. The minimum atomic E-state index is -4.44. The third kappa shape index (κ3) is 4.82. The Morgan fingerprint density at radius 3 is 2.55 bits per heavy atom. The van der Waals surface area contributed by atoms with Gasteiger partial charge in [0.25, 0.3) is 5.91 Å². The number of rotatable bonds is 6. The van der Waals surface area contributed by atoms with Crippen molar-refractivity contribution in [2.75, 3.05) is 25.5 Å². The number of methoxy groups -OCH3 is 1. The Bertz CT molecular complexity index is 1040. The van der Waals surface area contributed by atoms with Crippen molar-refractivity contribution in [2.45, 2.75) is 43.6 Å². The van der Waals surface area contributed by atoms with Crippen LogP contribution in [0.2, 0.25) is 0 Å². The van der Waals surface area contributed by atoms with Gasteiger partial charge in [-0.25, -0.2) is 0 Å². The van der Waals surface area contributed by atoms with E-state index < -0.39 is 17.6 Å². The average Bonchev–Trinajstić information content (AvgIpc) is 3.16. The summed E-state index contributed by atoms with van der Waals surface area (Å²) in [5, 5.41) is 17.1. The van der Waals surface area contributed by atoms with Gasteiger partial charge in [-0.05, 0) is 43.5 Å². The maximum atomic E-state index is 12.8. The topological polar surface area (TPSA) is 109 Å². The number of anilines is 2. The van der Waals surface area contributed by atoms with Gasteiger partial charge in [-0.15, -0.1) is 0 Å². The molecule has 1 saturated carbocycles. The minimum Gasteiger partial charge on any atom is -0.379 e. The van der Waals surface area contributed by atoms with Crippen LogP contribution in [-0.2, 0) is 10.9 Å². The molecule has 0 radical (unpaired) electrons. The van der Waals surface area contributed by atoms with Crippen LogP contribution in [0, 0.1) is 17.2 Å². The van der Waals surface area contributed by atoms with Gasteiger partial charge >= 0.3 is 6.18 Å². The highest BCUT2D eigenvalue weighted by molar-refractivity contribution is 5.98. The van der Waals surface area contributed by atoms with Crippen LogP contribution in [0.4, 0.5) is 24.7 Å². The number of carbonyl (C=O) groups excluding carboxylic acids is 1. The van der Waals surface area contributed by atoms with Gasteiger partial charge in [0.05, 0.1) is 29.7 Å². The van der Waals surface area contributed by atoms with Crippen molar-refractivity contribution in [3.63, 3.8) is 0 Å². The first kappa shape index (κ1) is 23.1. The molecule has 0 spiro atoms. The number of hydrogen-bond donors (Lipinski definition) is 2. The number of halogens is 3. The number of nitrogens with one attached hydrogen (secondary N) is 1. The number of alkyl halides is 3. The van der Waals surface area contributed by atoms with E-state index in [0.29, 0.717) is 24.6 Å². The van der Waals surface area contributed by atoms with Gasteiger partial charge in [0, 0.05) is 38.1 Å². The van der Waals surface area contributed by atoms with E-state index in [2.05, 4.69) is 21.4 Å². The Hall–Kier alpha value is -3.10. The summed E-state index contributed by atoms with van der Waals surface area (Å²) in [5.74, 6) is -0.874. The molecular formula is C22H25F3N6O2. The molecule has 0 bridgehead atoms. The first-order valence-electron chi connectivity index (χ1n) is 10.7. The average molecular weight is 462 g/mol. The summed E-state index contributed by atoms with van der Waals surface area (Å²) in [5.41, 5.74) is 5.18. The fraction of sp³-hybridized carbons (Fsp3) is 0.500. The van der Waals surface area contributed by atoms with E-state index in [0.717, 1.165) is 31.6 Å². The van der Waals surface area contributed by atoms with Crippen LogP contribution in [-0.4, -0.2) is 52.9 Å². The summed E-state index contributed by atoms with van der Waals surface area (Å²) in [6.45, 7) is 1.72. The molecule has 11 heteroatoms. The molecule has 33 heavy (non-hydrogen) atoms. The van der Waals surface area contributed by atoms with Gasteiger partial charge < -0.3 is 15.8 Å². The number of primary amides is 1. The molecule has 2 fully saturated rings. The molecule has 1 aliphatic carbocycles. The minimum absolute atomic E-state index is 0.111. The second kappa shape index (κ2) is 9.03. The largest absolute Gasteiger partial charge is 0.416 e. The number of benzene rings is 1. The molecule has 2 aromatic rings. The fourth-order valence-electron chi connectivity index (χ4n) is 4.55. The first-order valence-corrected chi connectivity index (χ1v) is 10.7. The summed E-state index contributed by atoms with van der Waals surface area (Å²) < 4.78 is 45.3. The molecular weight excluding hydrogens is 437 g/mol. The second-order valence-corrected chi connectivity index (χ2v) is 8.52. The van der Waals surface area contributed by atoms with Crippen molar-refractivity contribution >= 4 is 17.4 Å². The van der Waals surface area contributed by atoms with Crippen LogP contribution >= 0.6 is 0 Å². The number of hydrogen-bond acceptors (Lipinski definition) is 6. The maximum absolute atomic E-state index is 12.8. The molecule has 1 amide bonds. The number of nitrogens with two attached hydrogens (primary N) is 1. The molecule has 3 N–H and O–H groups in total. The van der Waals surface area contributed by atoms with Crippen LogP contribution < -0.4 is 11.1 Å². The monoisotopic (exact) mass is 462 g/mol. The van der Waals surface area contributed by atoms with Gasteiger partial charge in [0.15, 0.2) is 5.82 Å². The molecule has 1 aromatic carbocycles. The van der Waals surface area contributed by atoms with E-state index >= 15 is 0 Å². The SMILES string of the molecule is COC1CN(C2CCC(n3cc(C(N)=O)c(Nc4ccc(C(F)(F)F)cc4)n3)C(C#N)C2)C1. The molecule has 2 heterocycles. The smallest absolute Gasteiger partial charge is 0.379 e. The summed E-state index contributed by atoms with van der Waals surface area (Å²) in [6.07, 6.45) is -0.418. The van der Waals surface area contributed by atoms with Crippen LogP contribution in [0.3, 0.4) is 0 Å². The van der Waals surface area contributed by atoms with Crippen LogP contribution in [0.15, 0.2) is 30.5 Å². The second-order valence-electron chi connectivity index (χ2n) is 8.52. The van der Waals surface area contributed by atoms with E-state index in [-0.39, 0.29) is 29.4 Å². The molecule has 8 nitrogen and oxygen atoms in total. The highest BCUT2D eigenvalue weighted by Gasteiger charge is 2.39. The van der Waals surface area contributed by atoms with Crippen molar-refractivity contribution in [3.05, 3.63) is 41.6 Å². The summed E-state index contributed by atoms with van der Waals surface area (Å²) in [4.78, 5) is 14.3.